The van der Waals surface area contributed by atoms with Gasteiger partial charge in [0.25, 0.3) is 0 Å². The van der Waals surface area contributed by atoms with E-state index in [0.29, 0.717) is 0 Å². The van der Waals surface area contributed by atoms with Crippen LogP contribution in [-0.4, -0.2) is 19.2 Å². The highest BCUT2D eigenvalue weighted by Crippen LogP contribution is 2.34. The van der Waals surface area contributed by atoms with Crippen molar-refractivity contribution in [3.63, 3.8) is 0 Å². The zero-order chi connectivity index (χ0) is 20.2. The van der Waals surface area contributed by atoms with E-state index >= 15 is 0 Å². The number of benzene rings is 3. The summed E-state index contributed by atoms with van der Waals surface area (Å²) in [4.78, 5) is 4.98. The monoisotopic (exact) mass is 381 g/mol. The van der Waals surface area contributed by atoms with E-state index in [9.17, 15) is 0 Å². The lowest BCUT2D eigenvalue weighted by Crippen LogP contribution is -1.94. The Hall–Kier alpha value is -3.59. The Morgan fingerprint density at radius 1 is 0.621 bits per heavy atom. The van der Waals surface area contributed by atoms with Gasteiger partial charge < -0.3 is 9.47 Å². The number of ether oxygens (including phenoxy) is 2. The second kappa shape index (κ2) is 8.19. The van der Waals surface area contributed by atoms with Gasteiger partial charge in [0.1, 0.15) is 11.5 Å². The normalized spacial score (nSPS) is 10.6. The summed E-state index contributed by atoms with van der Waals surface area (Å²) in [7, 11) is 3.37. The molecule has 144 valence electrons. The van der Waals surface area contributed by atoms with Gasteiger partial charge in [-0.25, -0.2) is 4.98 Å². The zero-order valence-corrected chi connectivity index (χ0v) is 16.8. The van der Waals surface area contributed by atoms with Crippen LogP contribution in [0.2, 0.25) is 0 Å². The summed E-state index contributed by atoms with van der Waals surface area (Å²) in [5.74, 6) is 1.65. The molecule has 0 radical (unpaired) electrons. The lowest BCUT2D eigenvalue weighted by atomic mass is 9.99. The second-order valence-corrected chi connectivity index (χ2v) is 6.92. The van der Waals surface area contributed by atoms with E-state index < -0.39 is 0 Å². The van der Waals surface area contributed by atoms with Gasteiger partial charge in [-0.1, -0.05) is 48.0 Å². The Kier molecular flexibility index (Phi) is 5.30. The third-order valence-electron chi connectivity index (χ3n) is 4.95. The molecule has 0 spiro atoms. The minimum Gasteiger partial charge on any atom is -0.497 e. The number of hydrogen-bond acceptors (Lipinski definition) is 3. The number of rotatable bonds is 5. The van der Waals surface area contributed by atoms with Crippen LogP contribution in [0, 0.1) is 6.92 Å². The molecule has 0 atom stereocenters. The highest BCUT2D eigenvalue weighted by molar-refractivity contribution is 5.78. The first-order valence-electron chi connectivity index (χ1n) is 9.55. The van der Waals surface area contributed by atoms with Crippen molar-refractivity contribution < 1.29 is 9.47 Å². The summed E-state index contributed by atoms with van der Waals surface area (Å²) in [6.07, 6.45) is 0. The summed E-state index contributed by atoms with van der Waals surface area (Å²) in [6.45, 7) is 2.10. The standard InChI is InChI=1S/C26H23NO2/c1-18-7-6-8-20(15-18)24-16-21(19-11-13-22(28-2)14-12-19)17-25(27-24)23-9-4-5-10-26(23)29-3/h4-17H,1-3H3. The number of nitrogens with zero attached hydrogens (tertiary/aromatic N) is 1. The summed E-state index contributed by atoms with van der Waals surface area (Å²) in [5, 5.41) is 0. The van der Waals surface area contributed by atoms with Crippen molar-refractivity contribution in [2.45, 2.75) is 6.92 Å². The minimum absolute atomic E-state index is 0.807. The number of pyridine rings is 1. The number of para-hydroxylation sites is 1. The highest BCUT2D eigenvalue weighted by Gasteiger charge is 2.12. The second-order valence-electron chi connectivity index (χ2n) is 6.92. The highest BCUT2D eigenvalue weighted by atomic mass is 16.5. The Morgan fingerprint density at radius 3 is 2.10 bits per heavy atom. The van der Waals surface area contributed by atoms with E-state index in [1.807, 2.05) is 36.4 Å². The van der Waals surface area contributed by atoms with Crippen LogP contribution in [0.5, 0.6) is 11.5 Å². The van der Waals surface area contributed by atoms with Gasteiger partial charge in [-0.3, -0.25) is 0 Å². The van der Waals surface area contributed by atoms with Crippen LogP contribution in [0.1, 0.15) is 5.56 Å². The van der Waals surface area contributed by atoms with Gasteiger partial charge in [-0.05, 0) is 60.5 Å². The first-order chi connectivity index (χ1) is 14.2. The molecule has 0 unspecified atom stereocenters. The number of methoxy groups -OCH3 is 2. The molecule has 1 heterocycles. The van der Waals surface area contributed by atoms with Crippen molar-refractivity contribution in [3.8, 4) is 45.1 Å². The molecule has 0 amide bonds. The van der Waals surface area contributed by atoms with Crippen molar-refractivity contribution in [1.82, 2.24) is 4.98 Å². The van der Waals surface area contributed by atoms with Gasteiger partial charge in [0.2, 0.25) is 0 Å². The van der Waals surface area contributed by atoms with Crippen molar-refractivity contribution in [2.24, 2.45) is 0 Å². The maximum Gasteiger partial charge on any atom is 0.128 e. The molecule has 0 aliphatic carbocycles. The molecule has 0 saturated carbocycles. The van der Waals surface area contributed by atoms with Crippen LogP contribution in [-0.2, 0) is 0 Å². The predicted molar refractivity (Wildman–Crippen MR) is 118 cm³/mol. The van der Waals surface area contributed by atoms with Crippen molar-refractivity contribution in [3.05, 3.63) is 90.5 Å². The Labute approximate surface area is 171 Å². The maximum absolute atomic E-state index is 5.58. The van der Waals surface area contributed by atoms with Crippen LogP contribution < -0.4 is 9.47 Å². The molecule has 0 N–H and O–H groups in total. The van der Waals surface area contributed by atoms with Gasteiger partial charge in [0.05, 0.1) is 25.6 Å². The molecule has 1 aromatic heterocycles. The van der Waals surface area contributed by atoms with Crippen LogP contribution in [0.15, 0.2) is 84.9 Å². The van der Waals surface area contributed by atoms with E-state index in [-0.39, 0.29) is 0 Å². The van der Waals surface area contributed by atoms with Crippen molar-refractivity contribution in [1.29, 1.82) is 0 Å². The first kappa shape index (κ1) is 18.8. The maximum atomic E-state index is 5.58. The molecule has 29 heavy (non-hydrogen) atoms. The van der Waals surface area contributed by atoms with E-state index in [1.165, 1.54) is 5.56 Å². The topological polar surface area (TPSA) is 31.4 Å². The largest absolute Gasteiger partial charge is 0.497 e. The van der Waals surface area contributed by atoms with Gasteiger partial charge in [-0.15, -0.1) is 0 Å². The first-order valence-corrected chi connectivity index (χ1v) is 9.55. The average molecular weight is 381 g/mol. The summed E-state index contributed by atoms with van der Waals surface area (Å²) >= 11 is 0. The summed E-state index contributed by atoms with van der Waals surface area (Å²) in [5.41, 5.74) is 7.29. The molecule has 0 aliphatic rings. The number of aryl methyl sites for hydroxylation is 1. The summed E-state index contributed by atoms with van der Waals surface area (Å²) < 4.78 is 10.9. The predicted octanol–water partition coefficient (Wildman–Crippen LogP) is 6.41. The molecule has 0 aliphatic heterocycles. The fourth-order valence-electron chi connectivity index (χ4n) is 3.43. The smallest absolute Gasteiger partial charge is 0.128 e. The lowest BCUT2D eigenvalue weighted by Gasteiger charge is -2.13. The molecular weight excluding hydrogens is 358 g/mol. The average Bonchev–Trinajstić information content (AvgIpc) is 2.79. The third kappa shape index (κ3) is 3.99. The Bertz CT molecular complexity index is 1130. The molecule has 3 aromatic carbocycles. The van der Waals surface area contributed by atoms with Crippen LogP contribution in [0.3, 0.4) is 0 Å². The molecule has 4 rings (SSSR count). The van der Waals surface area contributed by atoms with Crippen LogP contribution >= 0.6 is 0 Å². The number of aromatic nitrogens is 1. The molecule has 0 fully saturated rings. The minimum atomic E-state index is 0.807. The van der Waals surface area contributed by atoms with Gasteiger partial charge >= 0.3 is 0 Å². The van der Waals surface area contributed by atoms with Gasteiger partial charge in [0.15, 0.2) is 0 Å². The fourth-order valence-corrected chi connectivity index (χ4v) is 3.43. The van der Waals surface area contributed by atoms with Crippen LogP contribution in [0.25, 0.3) is 33.6 Å². The lowest BCUT2D eigenvalue weighted by molar-refractivity contribution is 0.415. The summed E-state index contributed by atoms with van der Waals surface area (Å²) in [6, 6.07) is 28.7. The van der Waals surface area contributed by atoms with E-state index in [4.69, 9.17) is 14.5 Å². The fraction of sp³-hybridized carbons (Fsp3) is 0.115. The van der Waals surface area contributed by atoms with Crippen molar-refractivity contribution >= 4 is 0 Å². The zero-order valence-electron chi connectivity index (χ0n) is 16.8. The molecule has 3 nitrogen and oxygen atoms in total. The molecule has 0 saturated heterocycles. The van der Waals surface area contributed by atoms with Gasteiger partial charge in [-0.2, -0.15) is 0 Å². The molecule has 4 aromatic rings. The van der Waals surface area contributed by atoms with E-state index in [2.05, 4.69) is 55.5 Å². The Balaban J connectivity index is 1.91. The number of hydrogen-bond donors (Lipinski definition) is 0. The molecular formula is C26H23NO2. The van der Waals surface area contributed by atoms with E-state index in [1.54, 1.807) is 14.2 Å². The molecule has 3 heteroatoms. The third-order valence-corrected chi connectivity index (χ3v) is 4.95. The quantitative estimate of drug-likeness (QED) is 0.400. The van der Waals surface area contributed by atoms with Crippen molar-refractivity contribution in [2.75, 3.05) is 14.2 Å². The van der Waals surface area contributed by atoms with Gasteiger partial charge in [0, 0.05) is 11.1 Å². The van der Waals surface area contributed by atoms with Crippen LogP contribution in [0.4, 0.5) is 0 Å². The Morgan fingerprint density at radius 2 is 1.38 bits per heavy atom. The SMILES string of the molecule is COc1ccc(-c2cc(-c3cccc(C)c3)nc(-c3ccccc3OC)c2)cc1. The van der Waals surface area contributed by atoms with E-state index in [0.717, 1.165) is 45.1 Å². The molecule has 0 bridgehead atoms.